The molecule has 0 spiro atoms. The topological polar surface area (TPSA) is 76.1 Å². The van der Waals surface area contributed by atoms with E-state index in [0.717, 1.165) is 27.4 Å². The third kappa shape index (κ3) is 4.80. The average molecular weight is 368 g/mol. The summed E-state index contributed by atoms with van der Waals surface area (Å²) in [6.45, 7) is 4.66. The van der Waals surface area contributed by atoms with Crippen LogP contribution in [-0.4, -0.2) is 29.4 Å². The molecule has 134 valence electrons. The zero-order chi connectivity index (χ0) is 18.4. The van der Waals surface area contributed by atoms with Gasteiger partial charge in [0, 0.05) is 11.8 Å². The molecule has 0 fully saturated rings. The van der Waals surface area contributed by atoms with Gasteiger partial charge >= 0.3 is 6.03 Å². The van der Waals surface area contributed by atoms with Crippen LogP contribution in [0.15, 0.2) is 47.8 Å². The fourth-order valence-electron chi connectivity index (χ4n) is 2.39. The second-order valence-electron chi connectivity index (χ2n) is 5.78. The summed E-state index contributed by atoms with van der Waals surface area (Å²) in [6.07, 6.45) is 0. The Hall–Kier alpha value is -2.93. The molecular formula is C19H20N4O2S. The summed E-state index contributed by atoms with van der Waals surface area (Å²) in [5, 5.41) is 15.8. The van der Waals surface area contributed by atoms with Crippen LogP contribution in [0.2, 0.25) is 0 Å². The molecule has 26 heavy (non-hydrogen) atoms. The molecule has 0 atom stereocenters. The van der Waals surface area contributed by atoms with E-state index in [-0.39, 0.29) is 6.03 Å². The van der Waals surface area contributed by atoms with Crippen molar-refractivity contribution in [1.29, 1.82) is 0 Å². The Morgan fingerprint density at radius 2 is 2.04 bits per heavy atom. The number of nitrogens with zero attached hydrogens (tertiary/aromatic N) is 2. The summed E-state index contributed by atoms with van der Waals surface area (Å²) in [6, 6.07) is 13.2. The second kappa shape index (κ2) is 8.44. The van der Waals surface area contributed by atoms with E-state index in [9.17, 15) is 4.79 Å². The standard InChI is InChI=1S/C19H20N4O2S/c1-13-5-6-15(14(2)12-13)21-19(24)20-9-10-25-18-8-7-16(22-23-18)17-4-3-11-26-17/h3-8,11-12H,9-10H2,1-2H3,(H2,20,21,24). The molecule has 0 aliphatic heterocycles. The fourth-order valence-corrected chi connectivity index (χ4v) is 3.08. The molecule has 0 radical (unpaired) electrons. The highest BCUT2D eigenvalue weighted by molar-refractivity contribution is 7.13. The van der Waals surface area contributed by atoms with Gasteiger partial charge in [0.05, 0.1) is 11.4 Å². The van der Waals surface area contributed by atoms with Gasteiger partial charge in [-0.15, -0.1) is 21.5 Å². The van der Waals surface area contributed by atoms with Crippen molar-refractivity contribution in [2.45, 2.75) is 13.8 Å². The summed E-state index contributed by atoms with van der Waals surface area (Å²) < 4.78 is 5.51. The lowest BCUT2D eigenvalue weighted by Gasteiger charge is -2.11. The van der Waals surface area contributed by atoms with Crippen LogP contribution in [0.3, 0.4) is 0 Å². The lowest BCUT2D eigenvalue weighted by Crippen LogP contribution is -2.32. The Kier molecular flexibility index (Phi) is 5.80. The number of anilines is 1. The number of rotatable bonds is 6. The zero-order valence-electron chi connectivity index (χ0n) is 14.7. The maximum Gasteiger partial charge on any atom is 0.319 e. The van der Waals surface area contributed by atoms with Gasteiger partial charge in [-0.05, 0) is 43.0 Å². The Bertz CT molecular complexity index is 864. The minimum atomic E-state index is -0.264. The lowest BCUT2D eigenvalue weighted by atomic mass is 10.1. The molecule has 0 aliphatic rings. The highest BCUT2D eigenvalue weighted by Gasteiger charge is 2.05. The van der Waals surface area contributed by atoms with Crippen LogP contribution in [0.4, 0.5) is 10.5 Å². The minimum Gasteiger partial charge on any atom is -0.475 e. The molecule has 6 nitrogen and oxygen atoms in total. The van der Waals surface area contributed by atoms with Crippen LogP contribution in [0.5, 0.6) is 5.88 Å². The highest BCUT2D eigenvalue weighted by atomic mass is 32.1. The summed E-state index contributed by atoms with van der Waals surface area (Å²) in [4.78, 5) is 13.0. The van der Waals surface area contributed by atoms with Crippen molar-refractivity contribution in [1.82, 2.24) is 15.5 Å². The minimum absolute atomic E-state index is 0.264. The van der Waals surface area contributed by atoms with E-state index in [4.69, 9.17) is 4.74 Å². The molecule has 2 amide bonds. The number of hydrogen-bond acceptors (Lipinski definition) is 5. The number of nitrogens with one attached hydrogen (secondary N) is 2. The number of aromatic nitrogens is 2. The largest absolute Gasteiger partial charge is 0.475 e. The summed E-state index contributed by atoms with van der Waals surface area (Å²) in [5.41, 5.74) is 3.80. The fraction of sp³-hybridized carbons (Fsp3) is 0.211. The smallest absolute Gasteiger partial charge is 0.319 e. The molecule has 3 rings (SSSR count). The first-order valence-electron chi connectivity index (χ1n) is 8.24. The predicted octanol–water partition coefficient (Wildman–Crippen LogP) is 4.02. The van der Waals surface area contributed by atoms with Crippen LogP contribution in [0, 0.1) is 13.8 Å². The molecule has 0 unspecified atom stereocenters. The maximum absolute atomic E-state index is 11.9. The predicted molar refractivity (Wildman–Crippen MR) is 104 cm³/mol. The molecule has 0 bridgehead atoms. The Labute approximate surface area is 156 Å². The van der Waals surface area contributed by atoms with Gasteiger partial charge in [0.25, 0.3) is 0 Å². The highest BCUT2D eigenvalue weighted by Crippen LogP contribution is 2.22. The summed E-state index contributed by atoms with van der Waals surface area (Å²) >= 11 is 1.61. The molecule has 7 heteroatoms. The van der Waals surface area contributed by atoms with Crippen LogP contribution >= 0.6 is 11.3 Å². The molecule has 3 aromatic rings. The monoisotopic (exact) mass is 368 g/mol. The molecule has 0 saturated heterocycles. The van der Waals surface area contributed by atoms with Crippen molar-refractivity contribution < 1.29 is 9.53 Å². The van der Waals surface area contributed by atoms with Crippen molar-refractivity contribution in [3.8, 4) is 16.5 Å². The average Bonchev–Trinajstić information content (AvgIpc) is 3.16. The van der Waals surface area contributed by atoms with Gasteiger partial charge < -0.3 is 15.4 Å². The number of thiophene rings is 1. The Morgan fingerprint density at radius 1 is 1.15 bits per heavy atom. The first kappa shape index (κ1) is 17.9. The third-order valence-corrected chi connectivity index (χ3v) is 4.57. The summed E-state index contributed by atoms with van der Waals surface area (Å²) in [5.74, 6) is 0.432. The van der Waals surface area contributed by atoms with Crippen LogP contribution in [0.25, 0.3) is 10.6 Å². The van der Waals surface area contributed by atoms with E-state index in [1.165, 1.54) is 0 Å². The van der Waals surface area contributed by atoms with Crippen molar-refractivity contribution in [2.75, 3.05) is 18.5 Å². The van der Waals surface area contributed by atoms with Crippen LogP contribution in [0.1, 0.15) is 11.1 Å². The zero-order valence-corrected chi connectivity index (χ0v) is 15.5. The number of carbonyl (C=O) groups is 1. The van der Waals surface area contributed by atoms with Gasteiger partial charge in [-0.3, -0.25) is 0 Å². The molecule has 1 aromatic carbocycles. The van der Waals surface area contributed by atoms with Gasteiger partial charge in [0.2, 0.25) is 5.88 Å². The number of urea groups is 1. The molecule has 2 N–H and O–H groups in total. The van der Waals surface area contributed by atoms with E-state index in [1.54, 1.807) is 17.4 Å². The van der Waals surface area contributed by atoms with E-state index in [1.807, 2.05) is 55.6 Å². The van der Waals surface area contributed by atoms with Gasteiger partial charge in [-0.2, -0.15) is 0 Å². The van der Waals surface area contributed by atoms with Gasteiger partial charge in [0.1, 0.15) is 12.3 Å². The van der Waals surface area contributed by atoms with E-state index >= 15 is 0 Å². The van der Waals surface area contributed by atoms with Crippen LogP contribution < -0.4 is 15.4 Å². The lowest BCUT2D eigenvalue weighted by molar-refractivity contribution is 0.246. The number of aryl methyl sites for hydroxylation is 2. The van der Waals surface area contributed by atoms with Crippen molar-refractivity contribution >= 4 is 23.1 Å². The quantitative estimate of drug-likeness (QED) is 0.644. The van der Waals surface area contributed by atoms with E-state index in [2.05, 4.69) is 20.8 Å². The number of ether oxygens (including phenoxy) is 1. The first-order valence-corrected chi connectivity index (χ1v) is 9.12. The molecular weight excluding hydrogens is 348 g/mol. The van der Waals surface area contributed by atoms with E-state index in [0.29, 0.717) is 19.0 Å². The Morgan fingerprint density at radius 3 is 2.73 bits per heavy atom. The second-order valence-corrected chi connectivity index (χ2v) is 6.73. The number of amides is 2. The van der Waals surface area contributed by atoms with E-state index < -0.39 is 0 Å². The molecule has 0 saturated carbocycles. The number of benzene rings is 1. The van der Waals surface area contributed by atoms with Crippen LogP contribution in [-0.2, 0) is 0 Å². The maximum atomic E-state index is 11.9. The van der Waals surface area contributed by atoms with Crippen molar-refractivity contribution in [3.05, 3.63) is 59.0 Å². The van der Waals surface area contributed by atoms with Gasteiger partial charge in [0.15, 0.2) is 0 Å². The number of hydrogen-bond donors (Lipinski definition) is 2. The molecule has 2 heterocycles. The molecule has 0 aliphatic carbocycles. The normalized spacial score (nSPS) is 10.4. The third-order valence-electron chi connectivity index (χ3n) is 3.68. The van der Waals surface area contributed by atoms with Crippen molar-refractivity contribution in [3.63, 3.8) is 0 Å². The van der Waals surface area contributed by atoms with Gasteiger partial charge in [-0.1, -0.05) is 23.8 Å². The van der Waals surface area contributed by atoms with Crippen molar-refractivity contribution in [2.24, 2.45) is 0 Å². The Balaban J connectivity index is 1.41. The van der Waals surface area contributed by atoms with Gasteiger partial charge in [-0.25, -0.2) is 4.79 Å². The number of carbonyl (C=O) groups excluding carboxylic acids is 1. The SMILES string of the molecule is Cc1ccc(NC(=O)NCCOc2ccc(-c3cccs3)nn2)c(C)c1. The molecule has 2 aromatic heterocycles. The summed E-state index contributed by atoms with van der Waals surface area (Å²) in [7, 11) is 0. The first-order chi connectivity index (χ1) is 12.6.